The Morgan fingerprint density at radius 1 is 1.27 bits per heavy atom. The Kier molecular flexibility index (Phi) is 3.77. The fourth-order valence-electron chi connectivity index (χ4n) is 1.51. The summed E-state index contributed by atoms with van der Waals surface area (Å²) in [5, 5.41) is 0. The van der Waals surface area contributed by atoms with E-state index in [2.05, 4.69) is 0 Å². The van der Waals surface area contributed by atoms with Crippen molar-refractivity contribution in [3.63, 3.8) is 0 Å². The van der Waals surface area contributed by atoms with Crippen molar-refractivity contribution in [3.05, 3.63) is 29.3 Å². The van der Waals surface area contributed by atoms with E-state index in [1.54, 1.807) is 14.1 Å². The van der Waals surface area contributed by atoms with E-state index in [1.165, 1.54) is 4.90 Å². The van der Waals surface area contributed by atoms with Gasteiger partial charge in [-0.15, -0.1) is 0 Å². The van der Waals surface area contributed by atoms with Crippen molar-refractivity contribution >= 4 is 12.0 Å². The molecule has 0 aliphatic carbocycles. The first-order chi connectivity index (χ1) is 7.07. The van der Waals surface area contributed by atoms with Crippen molar-refractivity contribution < 1.29 is 13.6 Å². The number of rotatable bonds is 4. The SMILES string of the molecule is CN(C)c1c(F)ccc(F)c1CCC=O. The molecule has 0 unspecified atom stereocenters. The highest BCUT2D eigenvalue weighted by molar-refractivity contribution is 5.57. The molecular formula is C11H13F2NO. The van der Waals surface area contributed by atoms with Gasteiger partial charge in [-0.2, -0.15) is 0 Å². The summed E-state index contributed by atoms with van der Waals surface area (Å²) in [6.07, 6.45) is 1.12. The molecule has 0 aliphatic rings. The van der Waals surface area contributed by atoms with Crippen LogP contribution >= 0.6 is 0 Å². The molecule has 1 aromatic carbocycles. The van der Waals surface area contributed by atoms with Gasteiger partial charge >= 0.3 is 0 Å². The largest absolute Gasteiger partial charge is 0.375 e. The Balaban J connectivity index is 3.18. The number of hydrogen-bond acceptors (Lipinski definition) is 2. The van der Waals surface area contributed by atoms with Gasteiger partial charge in [-0.05, 0) is 18.6 Å². The van der Waals surface area contributed by atoms with Crippen molar-refractivity contribution in [1.29, 1.82) is 0 Å². The van der Waals surface area contributed by atoms with Crippen molar-refractivity contribution in [2.75, 3.05) is 19.0 Å². The van der Waals surface area contributed by atoms with E-state index in [0.717, 1.165) is 12.1 Å². The molecule has 0 aliphatic heterocycles. The third-order valence-corrected chi connectivity index (χ3v) is 2.14. The van der Waals surface area contributed by atoms with Crippen LogP contribution in [0, 0.1) is 11.6 Å². The van der Waals surface area contributed by atoms with Gasteiger partial charge in [0.2, 0.25) is 0 Å². The standard InChI is InChI=1S/C11H13F2NO/c1-14(2)11-8(4-3-7-15)9(12)5-6-10(11)13/h5-7H,3-4H2,1-2H3. The van der Waals surface area contributed by atoms with E-state index in [-0.39, 0.29) is 24.1 Å². The molecule has 0 atom stereocenters. The fraction of sp³-hybridized carbons (Fsp3) is 0.364. The Bertz CT molecular complexity index is 364. The van der Waals surface area contributed by atoms with Crippen LogP contribution < -0.4 is 4.90 Å². The first-order valence-electron chi connectivity index (χ1n) is 4.65. The topological polar surface area (TPSA) is 20.3 Å². The molecule has 4 heteroatoms. The molecule has 0 aromatic heterocycles. The quantitative estimate of drug-likeness (QED) is 0.714. The van der Waals surface area contributed by atoms with Gasteiger partial charge in [0.1, 0.15) is 17.9 Å². The van der Waals surface area contributed by atoms with Gasteiger partial charge in [0.15, 0.2) is 0 Å². The van der Waals surface area contributed by atoms with E-state index in [9.17, 15) is 13.6 Å². The molecule has 0 N–H and O–H groups in total. The number of benzene rings is 1. The van der Waals surface area contributed by atoms with E-state index >= 15 is 0 Å². The van der Waals surface area contributed by atoms with Gasteiger partial charge in [-0.25, -0.2) is 8.78 Å². The van der Waals surface area contributed by atoms with Gasteiger partial charge in [-0.3, -0.25) is 0 Å². The Hall–Kier alpha value is -1.45. The number of hydrogen-bond donors (Lipinski definition) is 0. The maximum Gasteiger partial charge on any atom is 0.146 e. The summed E-state index contributed by atoms with van der Waals surface area (Å²) in [5.74, 6) is -0.941. The molecule has 0 heterocycles. The van der Waals surface area contributed by atoms with Crippen LogP contribution in [0.2, 0.25) is 0 Å². The Labute approximate surface area is 87.5 Å². The molecular weight excluding hydrogens is 200 g/mol. The van der Waals surface area contributed by atoms with Crippen molar-refractivity contribution in [3.8, 4) is 0 Å². The summed E-state index contributed by atoms with van der Waals surface area (Å²) in [4.78, 5) is 11.7. The predicted molar refractivity (Wildman–Crippen MR) is 55.1 cm³/mol. The zero-order valence-electron chi connectivity index (χ0n) is 8.76. The van der Waals surface area contributed by atoms with Crippen molar-refractivity contribution in [2.24, 2.45) is 0 Å². The van der Waals surface area contributed by atoms with E-state index in [0.29, 0.717) is 6.29 Å². The van der Waals surface area contributed by atoms with Gasteiger partial charge in [0.05, 0.1) is 5.69 Å². The van der Waals surface area contributed by atoms with E-state index < -0.39 is 11.6 Å². The second kappa shape index (κ2) is 4.87. The van der Waals surface area contributed by atoms with Crippen LogP contribution in [-0.4, -0.2) is 20.4 Å². The highest BCUT2D eigenvalue weighted by Gasteiger charge is 2.14. The van der Waals surface area contributed by atoms with Gasteiger partial charge < -0.3 is 9.69 Å². The lowest BCUT2D eigenvalue weighted by atomic mass is 10.1. The molecule has 82 valence electrons. The summed E-state index contributed by atoms with van der Waals surface area (Å²) in [6, 6.07) is 2.18. The van der Waals surface area contributed by atoms with Gasteiger partial charge in [-0.1, -0.05) is 0 Å². The smallest absolute Gasteiger partial charge is 0.146 e. The minimum atomic E-state index is -0.470. The molecule has 0 spiro atoms. The zero-order valence-corrected chi connectivity index (χ0v) is 8.76. The zero-order chi connectivity index (χ0) is 11.4. The monoisotopic (exact) mass is 213 g/mol. The first kappa shape index (κ1) is 11.6. The third kappa shape index (κ3) is 2.52. The number of nitrogens with zero attached hydrogens (tertiary/aromatic N) is 1. The second-order valence-corrected chi connectivity index (χ2v) is 3.46. The minimum Gasteiger partial charge on any atom is -0.375 e. The lowest BCUT2D eigenvalue weighted by molar-refractivity contribution is -0.107. The molecule has 0 bridgehead atoms. The number of halogens is 2. The van der Waals surface area contributed by atoms with Crippen molar-refractivity contribution in [2.45, 2.75) is 12.8 Å². The minimum absolute atomic E-state index is 0.196. The molecule has 0 radical (unpaired) electrons. The molecule has 1 aromatic rings. The lowest BCUT2D eigenvalue weighted by Gasteiger charge is -2.18. The maximum absolute atomic E-state index is 13.4. The summed E-state index contributed by atoms with van der Waals surface area (Å²) in [7, 11) is 3.28. The third-order valence-electron chi connectivity index (χ3n) is 2.14. The molecule has 0 fully saturated rings. The fourth-order valence-corrected chi connectivity index (χ4v) is 1.51. The lowest BCUT2D eigenvalue weighted by Crippen LogP contribution is -2.14. The number of aldehydes is 1. The van der Waals surface area contributed by atoms with Gasteiger partial charge in [0.25, 0.3) is 0 Å². The van der Waals surface area contributed by atoms with Crippen LogP contribution in [0.1, 0.15) is 12.0 Å². The average Bonchev–Trinajstić information content (AvgIpc) is 2.18. The second-order valence-electron chi connectivity index (χ2n) is 3.46. The maximum atomic E-state index is 13.4. The van der Waals surface area contributed by atoms with Gasteiger partial charge in [0, 0.05) is 26.1 Å². The normalized spacial score (nSPS) is 10.1. The van der Waals surface area contributed by atoms with Crippen molar-refractivity contribution in [1.82, 2.24) is 0 Å². The van der Waals surface area contributed by atoms with Crippen LogP contribution in [0.5, 0.6) is 0 Å². The summed E-state index contributed by atoms with van der Waals surface area (Å²) in [5.41, 5.74) is 0.476. The summed E-state index contributed by atoms with van der Waals surface area (Å²) in [6.45, 7) is 0. The Morgan fingerprint density at radius 3 is 2.40 bits per heavy atom. The molecule has 0 saturated carbocycles. The Morgan fingerprint density at radius 2 is 1.87 bits per heavy atom. The van der Waals surface area contributed by atoms with Crippen LogP contribution in [0.4, 0.5) is 14.5 Å². The highest BCUT2D eigenvalue weighted by Crippen LogP contribution is 2.26. The van der Waals surface area contributed by atoms with Crippen LogP contribution in [-0.2, 0) is 11.2 Å². The number of carbonyl (C=O) groups excluding carboxylic acids is 1. The molecule has 0 saturated heterocycles. The molecule has 15 heavy (non-hydrogen) atoms. The van der Waals surface area contributed by atoms with E-state index in [4.69, 9.17) is 0 Å². The molecule has 2 nitrogen and oxygen atoms in total. The van der Waals surface area contributed by atoms with Crippen LogP contribution in [0.25, 0.3) is 0 Å². The number of carbonyl (C=O) groups is 1. The average molecular weight is 213 g/mol. The first-order valence-corrected chi connectivity index (χ1v) is 4.65. The predicted octanol–water partition coefficient (Wildman–Crippen LogP) is 2.16. The van der Waals surface area contributed by atoms with E-state index in [1.807, 2.05) is 0 Å². The van der Waals surface area contributed by atoms with Crippen LogP contribution in [0.3, 0.4) is 0 Å². The highest BCUT2D eigenvalue weighted by atomic mass is 19.1. The summed E-state index contributed by atoms with van der Waals surface area (Å²) < 4.78 is 26.8. The summed E-state index contributed by atoms with van der Waals surface area (Å²) >= 11 is 0. The number of anilines is 1. The molecule has 0 amide bonds. The molecule has 1 rings (SSSR count). The van der Waals surface area contributed by atoms with Crippen LogP contribution in [0.15, 0.2) is 12.1 Å².